The molecule has 0 aromatic heterocycles. The first-order chi connectivity index (χ1) is 7.37. The highest BCUT2D eigenvalue weighted by atomic mass is 32.2. The fourth-order valence-corrected chi connectivity index (χ4v) is 1.66. The Labute approximate surface area is 101 Å². The molecule has 0 saturated carbocycles. The third-order valence-corrected chi connectivity index (χ3v) is 2.84. The normalized spacial score (nSPS) is 25.2. The van der Waals surface area contributed by atoms with Crippen LogP contribution in [0.5, 0.6) is 0 Å². The van der Waals surface area contributed by atoms with Crippen LogP contribution < -0.4 is 16.4 Å². The Morgan fingerprint density at radius 3 is 2.44 bits per heavy atom. The lowest BCUT2D eigenvalue weighted by Gasteiger charge is -2.35. The summed E-state index contributed by atoms with van der Waals surface area (Å²) in [7, 11) is 0. The fraction of sp³-hybridized carbons (Fsp3) is 0.800. The van der Waals surface area contributed by atoms with Crippen LogP contribution >= 0.6 is 11.8 Å². The van der Waals surface area contributed by atoms with Crippen LogP contribution in [0.25, 0.3) is 0 Å². The van der Waals surface area contributed by atoms with Crippen LogP contribution in [0.3, 0.4) is 0 Å². The van der Waals surface area contributed by atoms with Crippen molar-refractivity contribution >= 4 is 22.9 Å². The van der Waals surface area contributed by atoms with Crippen LogP contribution in [-0.4, -0.2) is 29.2 Å². The third-order valence-electron chi connectivity index (χ3n) is 2.29. The summed E-state index contributed by atoms with van der Waals surface area (Å²) in [5.74, 6) is 0.122. The van der Waals surface area contributed by atoms with Crippen LogP contribution in [0.15, 0.2) is 9.98 Å². The van der Waals surface area contributed by atoms with Crippen molar-refractivity contribution in [3.63, 3.8) is 0 Å². The van der Waals surface area contributed by atoms with E-state index in [4.69, 9.17) is 5.73 Å². The summed E-state index contributed by atoms with van der Waals surface area (Å²) in [4.78, 5) is 8.75. The molecule has 0 saturated heterocycles. The van der Waals surface area contributed by atoms with Crippen LogP contribution in [0.1, 0.15) is 27.7 Å². The number of aliphatic imine (C=N–C) groups is 2. The molecule has 0 spiro atoms. The van der Waals surface area contributed by atoms with Crippen molar-refractivity contribution in [3.8, 4) is 0 Å². The van der Waals surface area contributed by atoms with Gasteiger partial charge in [-0.2, -0.15) is 4.99 Å². The summed E-state index contributed by atoms with van der Waals surface area (Å²) >= 11 is 1.50. The fourth-order valence-electron chi connectivity index (χ4n) is 1.23. The SMILES string of the molecule is CSC1=NC(N)(C(C)C)NC(NC(C)C)=N1. The van der Waals surface area contributed by atoms with E-state index in [2.05, 4.69) is 34.5 Å². The van der Waals surface area contributed by atoms with Gasteiger partial charge >= 0.3 is 0 Å². The Morgan fingerprint density at radius 2 is 2.00 bits per heavy atom. The van der Waals surface area contributed by atoms with E-state index in [9.17, 15) is 0 Å². The number of amidine groups is 1. The summed E-state index contributed by atoms with van der Waals surface area (Å²) in [6, 6.07) is 0.309. The van der Waals surface area contributed by atoms with Crippen molar-refractivity contribution in [1.29, 1.82) is 0 Å². The molecular weight excluding hydrogens is 222 g/mol. The average Bonchev–Trinajstić information content (AvgIpc) is 2.15. The van der Waals surface area contributed by atoms with Gasteiger partial charge in [-0.25, -0.2) is 4.99 Å². The van der Waals surface area contributed by atoms with Crippen molar-refractivity contribution in [3.05, 3.63) is 0 Å². The second kappa shape index (κ2) is 5.05. The first-order valence-electron chi connectivity index (χ1n) is 5.43. The zero-order chi connectivity index (χ0) is 12.3. The highest BCUT2D eigenvalue weighted by molar-refractivity contribution is 8.13. The molecule has 1 heterocycles. The van der Waals surface area contributed by atoms with Gasteiger partial charge in [-0.15, -0.1) is 0 Å². The zero-order valence-electron chi connectivity index (χ0n) is 10.5. The number of guanidine groups is 1. The number of nitrogens with zero attached hydrogens (tertiary/aromatic N) is 2. The molecule has 1 atom stereocenters. The number of hydrogen-bond donors (Lipinski definition) is 3. The molecule has 16 heavy (non-hydrogen) atoms. The lowest BCUT2D eigenvalue weighted by atomic mass is 10.1. The Balaban J connectivity index is 2.91. The van der Waals surface area contributed by atoms with E-state index < -0.39 is 5.79 Å². The molecule has 5 nitrogen and oxygen atoms in total. The van der Waals surface area contributed by atoms with E-state index in [0.29, 0.717) is 17.2 Å². The van der Waals surface area contributed by atoms with Crippen LogP contribution in [0.4, 0.5) is 0 Å². The molecule has 0 aromatic carbocycles. The second-order valence-corrected chi connectivity index (χ2v) is 5.24. The molecule has 92 valence electrons. The average molecular weight is 243 g/mol. The summed E-state index contributed by atoms with van der Waals surface area (Å²) in [6.07, 6.45) is 1.95. The van der Waals surface area contributed by atoms with Crippen LogP contribution in [0, 0.1) is 5.92 Å². The predicted molar refractivity (Wildman–Crippen MR) is 71.5 cm³/mol. The summed E-state index contributed by atoms with van der Waals surface area (Å²) in [6.45, 7) is 8.18. The molecule has 1 rings (SSSR count). The molecule has 0 fully saturated rings. The predicted octanol–water partition coefficient (Wildman–Crippen LogP) is 0.931. The largest absolute Gasteiger partial charge is 0.354 e. The van der Waals surface area contributed by atoms with Gasteiger partial charge in [0.05, 0.1) is 0 Å². The molecule has 0 bridgehead atoms. The Bertz CT molecular complexity index is 310. The minimum atomic E-state index is -0.767. The molecule has 0 amide bonds. The molecule has 0 aliphatic carbocycles. The Hall–Kier alpha value is -0.750. The van der Waals surface area contributed by atoms with Gasteiger partial charge in [-0.1, -0.05) is 25.6 Å². The van der Waals surface area contributed by atoms with E-state index in [-0.39, 0.29) is 5.92 Å². The van der Waals surface area contributed by atoms with Gasteiger partial charge in [0.15, 0.2) is 11.0 Å². The van der Waals surface area contributed by atoms with Crippen LogP contribution in [0.2, 0.25) is 0 Å². The molecule has 6 heteroatoms. The maximum Gasteiger partial charge on any atom is 0.201 e. The van der Waals surface area contributed by atoms with Gasteiger partial charge in [-0.05, 0) is 20.1 Å². The van der Waals surface area contributed by atoms with Crippen molar-refractivity contribution in [2.24, 2.45) is 21.6 Å². The quantitative estimate of drug-likeness (QED) is 0.674. The lowest BCUT2D eigenvalue weighted by Crippen LogP contribution is -2.63. The van der Waals surface area contributed by atoms with Gasteiger partial charge < -0.3 is 10.6 Å². The highest BCUT2D eigenvalue weighted by Gasteiger charge is 2.33. The topological polar surface area (TPSA) is 74.8 Å². The maximum absolute atomic E-state index is 6.20. The summed E-state index contributed by atoms with van der Waals surface area (Å²) < 4.78 is 0. The van der Waals surface area contributed by atoms with Gasteiger partial charge in [0.25, 0.3) is 0 Å². The number of nitrogens with two attached hydrogens (primary N) is 1. The van der Waals surface area contributed by atoms with Gasteiger partial charge in [0.1, 0.15) is 0 Å². The van der Waals surface area contributed by atoms with Crippen molar-refractivity contribution < 1.29 is 0 Å². The third kappa shape index (κ3) is 3.12. The number of thioether (sulfide) groups is 1. The smallest absolute Gasteiger partial charge is 0.201 e. The molecule has 1 aliphatic heterocycles. The van der Waals surface area contributed by atoms with E-state index in [1.165, 1.54) is 11.8 Å². The second-order valence-electron chi connectivity index (χ2n) is 4.46. The first kappa shape index (κ1) is 13.3. The van der Waals surface area contributed by atoms with E-state index in [1.54, 1.807) is 0 Å². The number of nitrogens with one attached hydrogen (secondary N) is 2. The standard InChI is InChI=1S/C10H21N5S/c1-6(2)10(11)14-8(12-7(3)4)13-9(15-10)16-5/h6-7H,11H2,1-5H3,(H2,12,13,14,15). The van der Waals surface area contributed by atoms with Crippen molar-refractivity contribution in [2.45, 2.75) is 39.5 Å². The van der Waals surface area contributed by atoms with Crippen molar-refractivity contribution in [2.75, 3.05) is 6.26 Å². The van der Waals surface area contributed by atoms with Gasteiger partial charge in [-0.3, -0.25) is 5.73 Å². The number of rotatable bonds is 2. The lowest BCUT2D eigenvalue weighted by molar-refractivity contribution is 0.291. The Morgan fingerprint density at radius 1 is 1.38 bits per heavy atom. The van der Waals surface area contributed by atoms with Crippen LogP contribution in [-0.2, 0) is 0 Å². The van der Waals surface area contributed by atoms with E-state index in [0.717, 1.165) is 0 Å². The van der Waals surface area contributed by atoms with Gasteiger partial charge in [0, 0.05) is 12.0 Å². The minimum Gasteiger partial charge on any atom is -0.354 e. The zero-order valence-corrected chi connectivity index (χ0v) is 11.4. The number of hydrogen-bond acceptors (Lipinski definition) is 6. The van der Waals surface area contributed by atoms with Crippen molar-refractivity contribution in [1.82, 2.24) is 10.6 Å². The molecular formula is C10H21N5S. The molecule has 4 N–H and O–H groups in total. The summed E-state index contributed by atoms with van der Waals surface area (Å²) in [5.41, 5.74) is 6.20. The van der Waals surface area contributed by atoms with Gasteiger partial charge in [0.2, 0.25) is 5.96 Å². The molecule has 0 radical (unpaired) electrons. The van der Waals surface area contributed by atoms with E-state index in [1.807, 2.05) is 20.1 Å². The summed E-state index contributed by atoms with van der Waals surface area (Å²) in [5, 5.41) is 7.07. The molecule has 1 aliphatic rings. The maximum atomic E-state index is 6.20. The monoisotopic (exact) mass is 243 g/mol. The molecule has 1 unspecified atom stereocenters. The van der Waals surface area contributed by atoms with E-state index >= 15 is 0 Å². The molecule has 0 aromatic rings. The first-order valence-corrected chi connectivity index (χ1v) is 6.66. The highest BCUT2D eigenvalue weighted by Crippen LogP contribution is 2.18. The minimum absolute atomic E-state index is 0.189. The Kier molecular flexibility index (Phi) is 4.21.